The number of hydrogen-bond acceptors (Lipinski definition) is 2. The maximum absolute atomic E-state index is 13.6. The van der Waals surface area contributed by atoms with Crippen LogP contribution in [0, 0.1) is 5.82 Å². The molecule has 0 atom stereocenters. The number of benzene rings is 1. The summed E-state index contributed by atoms with van der Waals surface area (Å²) in [5.74, 6) is -0.906. The van der Waals surface area contributed by atoms with Gasteiger partial charge in [0.05, 0.1) is 12.2 Å². The molecule has 0 fully saturated rings. The molecule has 86 valence electrons. The van der Waals surface area contributed by atoms with E-state index in [2.05, 4.69) is 0 Å². The Morgan fingerprint density at radius 1 is 1.44 bits per heavy atom. The fourth-order valence-corrected chi connectivity index (χ4v) is 1.30. The Morgan fingerprint density at radius 2 is 2.12 bits per heavy atom. The normalized spacial score (nSPS) is 9.75. The Labute approximate surface area is 94.7 Å². The van der Waals surface area contributed by atoms with Gasteiger partial charge in [0.15, 0.2) is 0 Å². The largest absolute Gasteiger partial charge is 0.462 e. The highest BCUT2D eigenvalue weighted by Crippen LogP contribution is 2.14. The lowest BCUT2D eigenvalue weighted by molar-refractivity contribution is 0.0526. The Bertz CT molecular complexity index is 418. The lowest BCUT2D eigenvalue weighted by Gasteiger charge is -2.03. The molecule has 0 aliphatic carbocycles. The van der Waals surface area contributed by atoms with E-state index in [9.17, 15) is 9.18 Å². The van der Waals surface area contributed by atoms with Gasteiger partial charge in [0.1, 0.15) is 5.82 Å². The SMILES string of the molecule is CCOC(=O)c1ccc(C=C(C)C)c(F)c1. The van der Waals surface area contributed by atoms with E-state index in [1.807, 2.05) is 13.8 Å². The van der Waals surface area contributed by atoms with E-state index in [0.29, 0.717) is 5.56 Å². The molecule has 0 amide bonds. The summed E-state index contributed by atoms with van der Waals surface area (Å²) in [6.07, 6.45) is 1.73. The Hall–Kier alpha value is -1.64. The Morgan fingerprint density at radius 3 is 2.62 bits per heavy atom. The van der Waals surface area contributed by atoms with Crippen LogP contribution in [0.3, 0.4) is 0 Å². The van der Waals surface area contributed by atoms with E-state index in [4.69, 9.17) is 4.74 Å². The van der Waals surface area contributed by atoms with Crippen LogP contribution in [-0.4, -0.2) is 12.6 Å². The van der Waals surface area contributed by atoms with Gasteiger partial charge >= 0.3 is 5.97 Å². The lowest BCUT2D eigenvalue weighted by atomic mass is 10.1. The molecule has 0 saturated carbocycles. The van der Waals surface area contributed by atoms with Gasteiger partial charge in [-0.3, -0.25) is 0 Å². The third-order valence-electron chi connectivity index (χ3n) is 1.96. The van der Waals surface area contributed by atoms with E-state index in [1.54, 1.807) is 25.1 Å². The van der Waals surface area contributed by atoms with Gasteiger partial charge in [-0.1, -0.05) is 17.7 Å². The van der Waals surface area contributed by atoms with Gasteiger partial charge < -0.3 is 4.74 Å². The second-order valence-electron chi connectivity index (χ2n) is 3.68. The molecule has 0 heterocycles. The van der Waals surface area contributed by atoms with Crippen molar-refractivity contribution in [3.8, 4) is 0 Å². The molecule has 0 aromatic heterocycles. The summed E-state index contributed by atoms with van der Waals surface area (Å²) in [5.41, 5.74) is 1.72. The molecule has 0 unspecified atom stereocenters. The van der Waals surface area contributed by atoms with Gasteiger partial charge in [-0.2, -0.15) is 0 Å². The van der Waals surface area contributed by atoms with Gasteiger partial charge in [0.25, 0.3) is 0 Å². The summed E-state index contributed by atoms with van der Waals surface area (Å²) in [7, 11) is 0. The smallest absolute Gasteiger partial charge is 0.338 e. The minimum atomic E-state index is -0.495. The fourth-order valence-electron chi connectivity index (χ4n) is 1.30. The number of ether oxygens (including phenoxy) is 1. The quantitative estimate of drug-likeness (QED) is 0.732. The van der Waals surface area contributed by atoms with E-state index in [-0.39, 0.29) is 12.2 Å². The molecule has 3 heteroatoms. The first kappa shape index (κ1) is 12.4. The topological polar surface area (TPSA) is 26.3 Å². The molecule has 0 radical (unpaired) electrons. The van der Waals surface area contributed by atoms with Crippen LogP contribution >= 0.6 is 0 Å². The summed E-state index contributed by atoms with van der Waals surface area (Å²) >= 11 is 0. The molecular weight excluding hydrogens is 207 g/mol. The van der Waals surface area contributed by atoms with E-state index < -0.39 is 11.8 Å². The van der Waals surface area contributed by atoms with Crippen LogP contribution in [0.5, 0.6) is 0 Å². The molecule has 0 aliphatic heterocycles. The van der Waals surface area contributed by atoms with Crippen LogP contribution in [-0.2, 0) is 4.74 Å². The van der Waals surface area contributed by atoms with Crippen LogP contribution in [0.2, 0.25) is 0 Å². The second kappa shape index (κ2) is 5.45. The van der Waals surface area contributed by atoms with E-state index in [0.717, 1.165) is 5.57 Å². The molecule has 0 N–H and O–H groups in total. The van der Waals surface area contributed by atoms with Crippen molar-refractivity contribution in [3.63, 3.8) is 0 Å². The number of carbonyl (C=O) groups is 1. The average Bonchev–Trinajstić information content (AvgIpc) is 2.20. The zero-order chi connectivity index (χ0) is 12.1. The third kappa shape index (κ3) is 3.19. The highest BCUT2D eigenvalue weighted by Gasteiger charge is 2.09. The molecule has 1 aromatic carbocycles. The minimum Gasteiger partial charge on any atom is -0.462 e. The van der Waals surface area contributed by atoms with Crippen molar-refractivity contribution in [2.24, 2.45) is 0 Å². The van der Waals surface area contributed by atoms with Crippen LogP contribution in [0.1, 0.15) is 36.7 Å². The van der Waals surface area contributed by atoms with E-state index >= 15 is 0 Å². The molecule has 1 rings (SSSR count). The van der Waals surface area contributed by atoms with Gasteiger partial charge in [0, 0.05) is 5.56 Å². The number of rotatable bonds is 3. The highest BCUT2D eigenvalue weighted by molar-refractivity contribution is 5.89. The first-order valence-corrected chi connectivity index (χ1v) is 5.16. The molecule has 0 spiro atoms. The molecule has 2 nitrogen and oxygen atoms in total. The van der Waals surface area contributed by atoms with Gasteiger partial charge in [-0.25, -0.2) is 9.18 Å². The van der Waals surface area contributed by atoms with Crippen LogP contribution in [0.25, 0.3) is 6.08 Å². The minimum absolute atomic E-state index is 0.241. The van der Waals surface area contributed by atoms with Crippen molar-refractivity contribution < 1.29 is 13.9 Å². The van der Waals surface area contributed by atoms with Crippen LogP contribution in [0.4, 0.5) is 4.39 Å². The van der Waals surface area contributed by atoms with Crippen molar-refractivity contribution in [2.75, 3.05) is 6.61 Å². The predicted molar refractivity (Wildman–Crippen MR) is 61.7 cm³/mol. The first-order chi connectivity index (χ1) is 7.54. The van der Waals surface area contributed by atoms with Crippen molar-refractivity contribution >= 4 is 12.0 Å². The monoisotopic (exact) mass is 222 g/mol. The number of allylic oxidation sites excluding steroid dienone is 1. The summed E-state index contributed by atoms with van der Waals surface area (Å²) in [5, 5.41) is 0. The maximum Gasteiger partial charge on any atom is 0.338 e. The highest BCUT2D eigenvalue weighted by atomic mass is 19.1. The van der Waals surface area contributed by atoms with E-state index in [1.165, 1.54) is 6.07 Å². The third-order valence-corrected chi connectivity index (χ3v) is 1.96. The fraction of sp³-hybridized carbons (Fsp3) is 0.308. The second-order valence-corrected chi connectivity index (χ2v) is 3.68. The van der Waals surface area contributed by atoms with Gasteiger partial charge in [-0.05, 0) is 32.9 Å². The van der Waals surface area contributed by atoms with Crippen LogP contribution < -0.4 is 0 Å². The summed E-state index contributed by atoms with van der Waals surface area (Å²) in [6, 6.07) is 4.34. The predicted octanol–water partition coefficient (Wildman–Crippen LogP) is 3.43. The molecule has 16 heavy (non-hydrogen) atoms. The molecule has 0 saturated heterocycles. The zero-order valence-corrected chi connectivity index (χ0v) is 9.71. The molecule has 0 aliphatic rings. The van der Waals surface area contributed by atoms with Gasteiger partial charge in [0.2, 0.25) is 0 Å². The molecular formula is C13H15FO2. The summed E-state index contributed by atoms with van der Waals surface area (Å²) < 4.78 is 18.3. The standard InChI is InChI=1S/C13H15FO2/c1-4-16-13(15)11-6-5-10(7-9(2)3)12(14)8-11/h5-8H,4H2,1-3H3. The van der Waals surface area contributed by atoms with Crippen molar-refractivity contribution in [3.05, 3.63) is 40.7 Å². The maximum atomic E-state index is 13.6. The van der Waals surface area contributed by atoms with Crippen LogP contribution in [0.15, 0.2) is 23.8 Å². The van der Waals surface area contributed by atoms with Crippen molar-refractivity contribution in [1.29, 1.82) is 0 Å². The Kier molecular flexibility index (Phi) is 4.23. The van der Waals surface area contributed by atoms with Crippen molar-refractivity contribution in [1.82, 2.24) is 0 Å². The summed E-state index contributed by atoms with van der Waals surface area (Å²) in [4.78, 5) is 11.3. The lowest BCUT2D eigenvalue weighted by Crippen LogP contribution is -2.05. The zero-order valence-electron chi connectivity index (χ0n) is 9.71. The number of halogens is 1. The van der Waals surface area contributed by atoms with Crippen molar-refractivity contribution in [2.45, 2.75) is 20.8 Å². The number of esters is 1. The number of carbonyl (C=O) groups excluding carboxylic acids is 1. The summed E-state index contributed by atoms with van der Waals surface area (Å²) in [6.45, 7) is 5.78. The number of hydrogen-bond donors (Lipinski definition) is 0. The molecule has 0 bridgehead atoms. The average molecular weight is 222 g/mol. The first-order valence-electron chi connectivity index (χ1n) is 5.16. The Balaban J connectivity index is 2.99. The van der Waals surface area contributed by atoms with Gasteiger partial charge in [-0.15, -0.1) is 0 Å². The molecule has 1 aromatic rings.